The Labute approximate surface area is 126 Å². The van der Waals surface area contributed by atoms with E-state index in [1.54, 1.807) is 4.90 Å². The number of pyridine rings is 1. The van der Waals surface area contributed by atoms with E-state index in [1.165, 1.54) is 6.07 Å². The highest BCUT2D eigenvalue weighted by Crippen LogP contribution is 2.38. The summed E-state index contributed by atoms with van der Waals surface area (Å²) in [6, 6.07) is 4.08. The number of hydrogen-bond donors (Lipinski definition) is 1. The number of aromatic nitrogens is 1. The molecule has 0 radical (unpaired) electrons. The van der Waals surface area contributed by atoms with Gasteiger partial charge in [-0.1, -0.05) is 6.42 Å². The maximum Gasteiger partial charge on any atom is 0.433 e. The second-order valence-corrected chi connectivity index (χ2v) is 6.10. The van der Waals surface area contributed by atoms with Crippen LogP contribution in [0.4, 0.5) is 19.0 Å². The summed E-state index contributed by atoms with van der Waals surface area (Å²) >= 11 is 0. The zero-order chi connectivity index (χ0) is 15.9. The van der Waals surface area contributed by atoms with Crippen molar-refractivity contribution < 1.29 is 13.2 Å². The molecule has 4 nitrogen and oxygen atoms in total. The SMILES string of the molecule is N#Cc1ccc(C(F)(F)F)nc1N1CC2CCCC(N)C2C1. The Bertz CT molecular complexity index is 608. The van der Waals surface area contributed by atoms with Crippen LogP contribution in [0.2, 0.25) is 0 Å². The van der Waals surface area contributed by atoms with Gasteiger partial charge in [0, 0.05) is 19.1 Å². The lowest BCUT2D eigenvalue weighted by Crippen LogP contribution is -2.38. The van der Waals surface area contributed by atoms with Gasteiger partial charge in [-0.3, -0.25) is 0 Å². The van der Waals surface area contributed by atoms with Crippen LogP contribution in [0.3, 0.4) is 0 Å². The van der Waals surface area contributed by atoms with E-state index in [-0.39, 0.29) is 23.3 Å². The van der Waals surface area contributed by atoms with E-state index in [9.17, 15) is 13.2 Å². The molecule has 0 spiro atoms. The molecule has 1 aliphatic carbocycles. The molecule has 2 N–H and O–H groups in total. The van der Waals surface area contributed by atoms with Crippen molar-refractivity contribution >= 4 is 5.82 Å². The molecule has 1 saturated carbocycles. The fourth-order valence-corrected chi connectivity index (χ4v) is 3.62. The lowest BCUT2D eigenvalue weighted by molar-refractivity contribution is -0.141. The van der Waals surface area contributed by atoms with Gasteiger partial charge in [-0.25, -0.2) is 4.98 Å². The van der Waals surface area contributed by atoms with Gasteiger partial charge in [0.05, 0.1) is 5.56 Å². The van der Waals surface area contributed by atoms with E-state index in [1.807, 2.05) is 6.07 Å². The van der Waals surface area contributed by atoms with E-state index in [2.05, 4.69) is 4.98 Å². The maximum absolute atomic E-state index is 12.9. The van der Waals surface area contributed by atoms with Crippen LogP contribution in [0.1, 0.15) is 30.5 Å². The number of rotatable bonds is 1. The predicted octanol–water partition coefficient (Wildman–Crippen LogP) is 2.54. The van der Waals surface area contributed by atoms with Gasteiger partial charge in [0.1, 0.15) is 17.6 Å². The summed E-state index contributed by atoms with van der Waals surface area (Å²) in [6.45, 7) is 1.20. The van der Waals surface area contributed by atoms with Gasteiger partial charge < -0.3 is 10.6 Å². The molecule has 22 heavy (non-hydrogen) atoms. The van der Waals surface area contributed by atoms with Crippen LogP contribution in [0.25, 0.3) is 0 Å². The van der Waals surface area contributed by atoms with Crippen molar-refractivity contribution in [3.05, 3.63) is 23.4 Å². The van der Waals surface area contributed by atoms with Crippen LogP contribution in [-0.4, -0.2) is 24.1 Å². The molecule has 2 aliphatic rings. The molecule has 1 aliphatic heterocycles. The lowest BCUT2D eigenvalue weighted by atomic mass is 9.78. The van der Waals surface area contributed by atoms with E-state index < -0.39 is 11.9 Å². The zero-order valence-corrected chi connectivity index (χ0v) is 12.0. The molecule has 0 aromatic carbocycles. The van der Waals surface area contributed by atoms with Crippen LogP contribution in [0.5, 0.6) is 0 Å². The molecule has 1 saturated heterocycles. The van der Waals surface area contributed by atoms with Gasteiger partial charge in [-0.15, -0.1) is 0 Å². The molecule has 3 unspecified atom stereocenters. The van der Waals surface area contributed by atoms with E-state index in [0.717, 1.165) is 25.3 Å². The van der Waals surface area contributed by atoms with Crippen LogP contribution in [0, 0.1) is 23.2 Å². The molecule has 0 amide bonds. The molecule has 7 heteroatoms. The minimum Gasteiger partial charge on any atom is -0.355 e. The number of nitrogens with zero attached hydrogens (tertiary/aromatic N) is 3. The molecule has 3 rings (SSSR count). The molecule has 1 aromatic heterocycles. The van der Waals surface area contributed by atoms with Crippen molar-refractivity contribution in [2.45, 2.75) is 31.5 Å². The van der Waals surface area contributed by atoms with E-state index in [0.29, 0.717) is 19.0 Å². The van der Waals surface area contributed by atoms with Crippen LogP contribution in [-0.2, 0) is 6.18 Å². The number of alkyl halides is 3. The van der Waals surface area contributed by atoms with Gasteiger partial charge in [0.25, 0.3) is 0 Å². The van der Waals surface area contributed by atoms with Gasteiger partial charge in [-0.05, 0) is 36.8 Å². The Morgan fingerprint density at radius 2 is 2.05 bits per heavy atom. The van der Waals surface area contributed by atoms with Crippen molar-refractivity contribution in [2.75, 3.05) is 18.0 Å². The monoisotopic (exact) mass is 310 g/mol. The fourth-order valence-electron chi connectivity index (χ4n) is 3.62. The van der Waals surface area contributed by atoms with Gasteiger partial charge in [0.2, 0.25) is 0 Å². The second kappa shape index (κ2) is 5.43. The molecule has 118 valence electrons. The third-order valence-electron chi connectivity index (χ3n) is 4.74. The molecule has 0 bridgehead atoms. The first kappa shape index (κ1) is 15.1. The Hall–Kier alpha value is -1.81. The Balaban J connectivity index is 1.93. The summed E-state index contributed by atoms with van der Waals surface area (Å²) in [4.78, 5) is 5.52. The minimum atomic E-state index is -4.51. The Kier molecular flexibility index (Phi) is 3.73. The summed E-state index contributed by atoms with van der Waals surface area (Å²) in [5.74, 6) is 0.794. The standard InChI is InChI=1S/C15H17F3N4/c16-15(17,18)13-5-4-9(6-19)14(21-13)22-7-10-2-1-3-12(20)11(10)8-22/h4-5,10-12H,1-3,7-8,20H2. The lowest BCUT2D eigenvalue weighted by Gasteiger charge is -2.29. The topological polar surface area (TPSA) is 65.9 Å². The third kappa shape index (κ3) is 2.63. The molecule has 1 aromatic rings. The summed E-state index contributed by atoms with van der Waals surface area (Å²) in [5, 5.41) is 9.16. The summed E-state index contributed by atoms with van der Waals surface area (Å²) in [5.41, 5.74) is 5.36. The highest BCUT2D eigenvalue weighted by atomic mass is 19.4. The van der Waals surface area contributed by atoms with Gasteiger partial charge in [0.15, 0.2) is 0 Å². The summed E-state index contributed by atoms with van der Waals surface area (Å²) in [7, 11) is 0. The second-order valence-electron chi connectivity index (χ2n) is 6.10. The number of halogens is 3. The van der Waals surface area contributed by atoms with Crippen LogP contribution >= 0.6 is 0 Å². The molecular weight excluding hydrogens is 293 g/mol. The van der Waals surface area contributed by atoms with Crippen LogP contribution < -0.4 is 10.6 Å². The average Bonchev–Trinajstić information content (AvgIpc) is 2.91. The largest absolute Gasteiger partial charge is 0.433 e. The average molecular weight is 310 g/mol. The van der Waals surface area contributed by atoms with E-state index in [4.69, 9.17) is 11.0 Å². The third-order valence-corrected chi connectivity index (χ3v) is 4.74. The van der Waals surface area contributed by atoms with Gasteiger partial charge in [-0.2, -0.15) is 18.4 Å². The molecule has 3 atom stereocenters. The molecule has 2 heterocycles. The van der Waals surface area contributed by atoms with Crippen molar-refractivity contribution in [1.82, 2.24) is 4.98 Å². The molecule has 2 fully saturated rings. The van der Waals surface area contributed by atoms with Crippen molar-refractivity contribution in [3.63, 3.8) is 0 Å². The first-order valence-corrected chi connectivity index (χ1v) is 7.39. The smallest absolute Gasteiger partial charge is 0.355 e. The number of nitrogens with two attached hydrogens (primary N) is 1. The zero-order valence-electron chi connectivity index (χ0n) is 12.0. The van der Waals surface area contributed by atoms with Crippen molar-refractivity contribution in [1.29, 1.82) is 5.26 Å². The summed E-state index contributed by atoms with van der Waals surface area (Å²) < 4.78 is 38.6. The number of anilines is 1. The Morgan fingerprint density at radius 3 is 2.68 bits per heavy atom. The predicted molar refractivity (Wildman–Crippen MR) is 75.0 cm³/mol. The normalized spacial score (nSPS) is 28.3. The highest BCUT2D eigenvalue weighted by Gasteiger charge is 2.40. The molecular formula is C15H17F3N4. The minimum absolute atomic E-state index is 0.0834. The first-order valence-electron chi connectivity index (χ1n) is 7.39. The maximum atomic E-state index is 12.9. The first-order chi connectivity index (χ1) is 10.4. The quantitative estimate of drug-likeness (QED) is 0.865. The van der Waals surface area contributed by atoms with Crippen LogP contribution in [0.15, 0.2) is 12.1 Å². The van der Waals surface area contributed by atoms with Crippen molar-refractivity contribution in [2.24, 2.45) is 17.6 Å². The van der Waals surface area contributed by atoms with Gasteiger partial charge >= 0.3 is 6.18 Å². The number of fused-ring (bicyclic) bond motifs is 1. The highest BCUT2D eigenvalue weighted by molar-refractivity contribution is 5.55. The number of hydrogen-bond acceptors (Lipinski definition) is 4. The Morgan fingerprint density at radius 1 is 1.27 bits per heavy atom. The summed E-state index contributed by atoms with van der Waals surface area (Å²) in [6.07, 6.45) is -1.46. The van der Waals surface area contributed by atoms with Crippen molar-refractivity contribution in [3.8, 4) is 6.07 Å². The number of nitriles is 1. The van der Waals surface area contributed by atoms with E-state index >= 15 is 0 Å². The fraction of sp³-hybridized carbons (Fsp3) is 0.600.